The maximum Gasteiger partial charge on any atom is 0.245 e. The van der Waals surface area contributed by atoms with E-state index in [1.807, 2.05) is 45.0 Å². The van der Waals surface area contributed by atoms with Gasteiger partial charge in [-0.2, -0.15) is 0 Å². The summed E-state index contributed by atoms with van der Waals surface area (Å²) in [4.78, 5) is 12.6. The highest BCUT2D eigenvalue weighted by Gasteiger charge is 2.62. The van der Waals surface area contributed by atoms with E-state index in [9.17, 15) is 4.79 Å². The summed E-state index contributed by atoms with van der Waals surface area (Å²) in [6.45, 7) is 6.63. The van der Waals surface area contributed by atoms with E-state index >= 15 is 0 Å². The van der Waals surface area contributed by atoms with E-state index in [1.165, 1.54) is 0 Å². The Kier molecular flexibility index (Phi) is 6.59. The van der Waals surface area contributed by atoms with Gasteiger partial charge in [0.15, 0.2) is 0 Å². The predicted molar refractivity (Wildman–Crippen MR) is 93.8 cm³/mol. The molecule has 2 atom stereocenters. The first-order chi connectivity index (χ1) is 10.3. The number of ether oxygens (including phenoxy) is 1. The van der Waals surface area contributed by atoms with Gasteiger partial charge in [-0.3, -0.25) is 4.79 Å². The van der Waals surface area contributed by atoms with Crippen molar-refractivity contribution in [2.75, 3.05) is 18.5 Å². The van der Waals surface area contributed by atoms with E-state index in [4.69, 9.17) is 15.6 Å². The molecule has 0 radical (unpaired) electrons. The number of nitrogens with one attached hydrogen (secondary N) is 1. The number of rotatable bonds is 6. The monoisotopic (exact) mass is 342 g/mol. The molecule has 2 unspecified atom stereocenters. The number of anilines is 1. The Hall–Kier alpha value is -1.14. The van der Waals surface area contributed by atoms with Crippen molar-refractivity contribution in [2.45, 2.75) is 45.3 Å². The largest absolute Gasteiger partial charge is 0.396 e. The molecule has 0 bridgehead atoms. The minimum atomic E-state index is -0.920. The fraction of sp³-hybridized carbons (Fsp3) is 0.588. The molecule has 0 saturated heterocycles. The molecule has 4 N–H and O–H groups in total. The molecule has 1 fully saturated rings. The molecule has 130 valence electrons. The first-order valence-corrected chi connectivity index (χ1v) is 7.77. The lowest BCUT2D eigenvalue weighted by Crippen LogP contribution is -2.74. The predicted octanol–water partition coefficient (Wildman–Crippen LogP) is 2.11. The summed E-state index contributed by atoms with van der Waals surface area (Å²) in [6, 6.07) is 7.45. The van der Waals surface area contributed by atoms with Crippen molar-refractivity contribution in [3.05, 3.63) is 29.8 Å². The number of carbonyl (C=O) groups is 1. The standard InChI is InChI=1S/C17H26N2O3.ClH/c1-4-22-14-11-17(18,16(14,2)3)15(21)19-13-7-5-12(6-8-13)9-10-20;/h5-8,14,20H,4,9-11,18H2,1-3H3,(H,19,21);1H. The van der Waals surface area contributed by atoms with Gasteiger partial charge >= 0.3 is 0 Å². The molecule has 1 amide bonds. The van der Waals surface area contributed by atoms with E-state index in [1.54, 1.807) is 0 Å². The molecule has 0 spiro atoms. The lowest BCUT2D eigenvalue weighted by molar-refractivity contribution is -0.166. The van der Waals surface area contributed by atoms with Crippen LogP contribution in [0.2, 0.25) is 0 Å². The molecule has 1 saturated carbocycles. The number of aliphatic hydroxyl groups is 1. The Morgan fingerprint density at radius 2 is 2.00 bits per heavy atom. The van der Waals surface area contributed by atoms with Crippen LogP contribution in [0.25, 0.3) is 0 Å². The lowest BCUT2D eigenvalue weighted by atomic mass is 9.54. The average molecular weight is 343 g/mol. The zero-order chi connectivity index (χ0) is 16.4. The fourth-order valence-electron chi connectivity index (χ4n) is 2.95. The van der Waals surface area contributed by atoms with Crippen molar-refractivity contribution in [3.8, 4) is 0 Å². The molecule has 5 nitrogen and oxygen atoms in total. The summed E-state index contributed by atoms with van der Waals surface area (Å²) in [5.41, 5.74) is 6.77. The highest BCUT2D eigenvalue weighted by molar-refractivity contribution is 5.99. The number of hydrogen-bond acceptors (Lipinski definition) is 4. The van der Waals surface area contributed by atoms with E-state index in [0.717, 1.165) is 5.56 Å². The lowest BCUT2D eigenvalue weighted by Gasteiger charge is -2.57. The maximum absolute atomic E-state index is 12.6. The summed E-state index contributed by atoms with van der Waals surface area (Å²) in [5, 5.41) is 11.8. The van der Waals surface area contributed by atoms with Crippen LogP contribution in [0.1, 0.15) is 32.8 Å². The number of amides is 1. The molecule has 0 heterocycles. The van der Waals surface area contributed by atoms with Crippen LogP contribution in [0.4, 0.5) is 5.69 Å². The first kappa shape index (κ1) is 19.9. The van der Waals surface area contributed by atoms with Crippen molar-refractivity contribution < 1.29 is 14.6 Å². The maximum atomic E-state index is 12.6. The van der Waals surface area contributed by atoms with Crippen LogP contribution >= 0.6 is 12.4 Å². The summed E-state index contributed by atoms with van der Waals surface area (Å²) < 4.78 is 5.65. The number of nitrogens with two attached hydrogens (primary N) is 1. The SMILES string of the molecule is CCOC1CC(N)(C(=O)Nc2ccc(CCO)cc2)C1(C)C.Cl. The molecule has 2 rings (SSSR count). The first-order valence-electron chi connectivity index (χ1n) is 7.77. The third-order valence-corrected chi connectivity index (χ3v) is 4.85. The third kappa shape index (κ3) is 3.69. The molecule has 23 heavy (non-hydrogen) atoms. The van der Waals surface area contributed by atoms with Crippen molar-refractivity contribution in [1.29, 1.82) is 0 Å². The average Bonchev–Trinajstić information content (AvgIpc) is 2.49. The van der Waals surface area contributed by atoms with Gasteiger partial charge in [-0.1, -0.05) is 26.0 Å². The van der Waals surface area contributed by atoms with Gasteiger partial charge in [0.25, 0.3) is 0 Å². The zero-order valence-corrected chi connectivity index (χ0v) is 14.8. The van der Waals surface area contributed by atoms with Gasteiger partial charge in [0, 0.05) is 30.7 Å². The molecule has 1 aromatic carbocycles. The van der Waals surface area contributed by atoms with Crippen molar-refractivity contribution in [2.24, 2.45) is 11.1 Å². The van der Waals surface area contributed by atoms with Gasteiger partial charge in [0.1, 0.15) is 5.54 Å². The van der Waals surface area contributed by atoms with Crippen LogP contribution in [0.5, 0.6) is 0 Å². The summed E-state index contributed by atoms with van der Waals surface area (Å²) in [5.74, 6) is -0.177. The second-order valence-electron chi connectivity index (χ2n) is 6.47. The Bertz CT molecular complexity index is 533. The van der Waals surface area contributed by atoms with Crippen molar-refractivity contribution in [3.63, 3.8) is 0 Å². The van der Waals surface area contributed by atoms with E-state index in [2.05, 4.69) is 5.32 Å². The van der Waals surface area contributed by atoms with E-state index < -0.39 is 11.0 Å². The van der Waals surface area contributed by atoms with Crippen LogP contribution in [0.15, 0.2) is 24.3 Å². The Morgan fingerprint density at radius 3 is 2.48 bits per heavy atom. The second-order valence-corrected chi connectivity index (χ2v) is 6.47. The van der Waals surface area contributed by atoms with Gasteiger partial charge in [-0.25, -0.2) is 0 Å². The van der Waals surface area contributed by atoms with Gasteiger partial charge in [-0.15, -0.1) is 12.4 Å². The van der Waals surface area contributed by atoms with Gasteiger partial charge in [0.2, 0.25) is 5.91 Å². The molecular weight excluding hydrogens is 316 g/mol. The number of carbonyl (C=O) groups excluding carboxylic acids is 1. The summed E-state index contributed by atoms with van der Waals surface area (Å²) >= 11 is 0. The topological polar surface area (TPSA) is 84.6 Å². The Balaban J connectivity index is 0.00000264. The number of benzene rings is 1. The van der Waals surface area contributed by atoms with Crippen LogP contribution in [0, 0.1) is 5.41 Å². The van der Waals surface area contributed by atoms with Crippen LogP contribution in [-0.4, -0.2) is 35.9 Å². The minimum absolute atomic E-state index is 0. The molecule has 1 aromatic rings. The number of hydrogen-bond donors (Lipinski definition) is 3. The smallest absolute Gasteiger partial charge is 0.245 e. The van der Waals surface area contributed by atoms with Gasteiger partial charge in [0.05, 0.1) is 6.10 Å². The highest BCUT2D eigenvalue weighted by Crippen LogP contribution is 2.50. The van der Waals surface area contributed by atoms with Gasteiger partial charge in [-0.05, 0) is 31.0 Å². The van der Waals surface area contributed by atoms with E-state index in [-0.39, 0.29) is 31.0 Å². The van der Waals surface area contributed by atoms with E-state index in [0.29, 0.717) is 25.1 Å². The third-order valence-electron chi connectivity index (χ3n) is 4.85. The van der Waals surface area contributed by atoms with Gasteiger partial charge < -0.3 is 20.9 Å². The highest BCUT2D eigenvalue weighted by atomic mass is 35.5. The fourth-order valence-corrected chi connectivity index (χ4v) is 2.95. The Labute approximate surface area is 144 Å². The Morgan fingerprint density at radius 1 is 1.39 bits per heavy atom. The molecule has 1 aliphatic rings. The summed E-state index contributed by atoms with van der Waals surface area (Å²) in [7, 11) is 0. The molecule has 6 heteroatoms. The zero-order valence-electron chi connectivity index (χ0n) is 14.0. The molecule has 0 aromatic heterocycles. The quantitative estimate of drug-likeness (QED) is 0.739. The molecule has 1 aliphatic carbocycles. The normalized spacial score (nSPS) is 25.2. The van der Waals surface area contributed by atoms with Crippen molar-refractivity contribution in [1.82, 2.24) is 0 Å². The number of halogens is 1. The van der Waals surface area contributed by atoms with Crippen LogP contribution < -0.4 is 11.1 Å². The van der Waals surface area contributed by atoms with Crippen LogP contribution in [-0.2, 0) is 16.0 Å². The second kappa shape index (κ2) is 7.62. The summed E-state index contributed by atoms with van der Waals surface area (Å²) in [6.07, 6.45) is 1.15. The molecular formula is C17H27ClN2O3. The van der Waals surface area contributed by atoms with Crippen molar-refractivity contribution >= 4 is 24.0 Å². The van der Waals surface area contributed by atoms with Crippen LogP contribution in [0.3, 0.4) is 0 Å². The molecule has 0 aliphatic heterocycles. The number of aliphatic hydroxyl groups excluding tert-OH is 1. The minimum Gasteiger partial charge on any atom is -0.396 e.